The molecule has 2 nitrogen and oxygen atoms in total. The molecule has 1 fully saturated rings. The summed E-state index contributed by atoms with van der Waals surface area (Å²) in [7, 11) is 0. The molecule has 2 heteroatoms. The molecular formula is C14H30N2. The molecule has 1 aliphatic rings. The van der Waals surface area contributed by atoms with E-state index in [1.807, 2.05) is 0 Å². The second kappa shape index (κ2) is 8.08. The van der Waals surface area contributed by atoms with E-state index in [4.69, 9.17) is 0 Å². The lowest BCUT2D eigenvalue weighted by Gasteiger charge is -2.19. The summed E-state index contributed by atoms with van der Waals surface area (Å²) >= 11 is 0. The molecule has 2 unspecified atom stereocenters. The lowest BCUT2D eigenvalue weighted by Crippen LogP contribution is -2.32. The van der Waals surface area contributed by atoms with Gasteiger partial charge >= 0.3 is 0 Å². The smallest absolute Gasteiger partial charge is 0.00508 e. The van der Waals surface area contributed by atoms with Gasteiger partial charge in [-0.2, -0.15) is 0 Å². The molecule has 1 rings (SSSR count). The number of likely N-dealkylation sites (tertiary alicyclic amines) is 1. The van der Waals surface area contributed by atoms with E-state index in [-0.39, 0.29) is 0 Å². The highest BCUT2D eigenvalue weighted by Crippen LogP contribution is 2.20. The van der Waals surface area contributed by atoms with E-state index in [1.54, 1.807) is 0 Å². The molecule has 0 bridgehead atoms. The first-order valence-electron chi connectivity index (χ1n) is 7.22. The Morgan fingerprint density at radius 1 is 1.31 bits per heavy atom. The third kappa shape index (κ3) is 5.31. The van der Waals surface area contributed by atoms with E-state index in [1.165, 1.54) is 58.3 Å². The Balaban J connectivity index is 2.05. The van der Waals surface area contributed by atoms with E-state index < -0.39 is 0 Å². The Morgan fingerprint density at radius 3 is 2.81 bits per heavy atom. The highest BCUT2D eigenvalue weighted by Gasteiger charge is 2.21. The Hall–Kier alpha value is -0.0800. The summed E-state index contributed by atoms with van der Waals surface area (Å²) in [5.74, 6) is 0.990. The van der Waals surface area contributed by atoms with Gasteiger partial charge in [-0.1, -0.05) is 20.3 Å². The third-order valence-electron chi connectivity index (χ3n) is 3.69. The van der Waals surface area contributed by atoms with Gasteiger partial charge in [0.1, 0.15) is 0 Å². The number of nitrogens with one attached hydrogen (secondary N) is 1. The molecule has 16 heavy (non-hydrogen) atoms. The first-order chi connectivity index (χ1) is 7.76. The topological polar surface area (TPSA) is 15.3 Å². The van der Waals surface area contributed by atoms with Gasteiger partial charge in [-0.15, -0.1) is 0 Å². The molecule has 0 aromatic carbocycles. The molecule has 1 aliphatic heterocycles. The average molecular weight is 226 g/mol. The maximum absolute atomic E-state index is 3.57. The maximum Gasteiger partial charge on any atom is 0.00508 e. The van der Waals surface area contributed by atoms with Crippen LogP contribution in [0.25, 0.3) is 0 Å². The van der Waals surface area contributed by atoms with Gasteiger partial charge in [0.05, 0.1) is 0 Å². The van der Waals surface area contributed by atoms with Crippen molar-refractivity contribution in [1.82, 2.24) is 10.2 Å². The first-order valence-corrected chi connectivity index (χ1v) is 7.22. The summed E-state index contributed by atoms with van der Waals surface area (Å²) in [6.07, 6.45) is 6.77. The van der Waals surface area contributed by atoms with Crippen LogP contribution < -0.4 is 5.32 Å². The van der Waals surface area contributed by atoms with Crippen LogP contribution in [0.4, 0.5) is 0 Å². The number of rotatable bonds is 8. The van der Waals surface area contributed by atoms with Gasteiger partial charge in [0.2, 0.25) is 0 Å². The molecule has 2 atom stereocenters. The normalized spacial score (nSPS) is 23.8. The minimum Gasteiger partial charge on any atom is -0.314 e. The summed E-state index contributed by atoms with van der Waals surface area (Å²) in [5.41, 5.74) is 0. The van der Waals surface area contributed by atoms with Crippen LogP contribution in [0.3, 0.4) is 0 Å². The molecule has 96 valence electrons. The number of hydrogen-bond donors (Lipinski definition) is 1. The zero-order valence-corrected chi connectivity index (χ0v) is 11.5. The molecule has 1 heterocycles. The molecule has 0 saturated carbocycles. The Kier molecular flexibility index (Phi) is 7.06. The maximum atomic E-state index is 3.57. The molecule has 0 aliphatic carbocycles. The fourth-order valence-corrected chi connectivity index (χ4v) is 2.63. The largest absolute Gasteiger partial charge is 0.314 e. The predicted molar refractivity (Wildman–Crippen MR) is 71.8 cm³/mol. The summed E-state index contributed by atoms with van der Waals surface area (Å²) in [4.78, 5) is 2.66. The third-order valence-corrected chi connectivity index (χ3v) is 3.69. The Labute approximate surface area is 102 Å². The standard InChI is InChI=1S/C14H30N2/c1-4-6-14-8-11-16(12-14)10-7-13(3)15-9-5-2/h13-15H,4-12H2,1-3H3. The van der Waals surface area contributed by atoms with Crippen molar-refractivity contribution >= 4 is 0 Å². The van der Waals surface area contributed by atoms with E-state index in [2.05, 4.69) is 31.0 Å². The lowest BCUT2D eigenvalue weighted by molar-refractivity contribution is 0.299. The zero-order chi connectivity index (χ0) is 11.8. The van der Waals surface area contributed by atoms with Crippen LogP contribution >= 0.6 is 0 Å². The summed E-state index contributed by atoms with van der Waals surface area (Å²) in [6, 6.07) is 0.685. The lowest BCUT2D eigenvalue weighted by atomic mass is 10.0. The van der Waals surface area contributed by atoms with Crippen LogP contribution in [0, 0.1) is 5.92 Å². The van der Waals surface area contributed by atoms with Gasteiger partial charge < -0.3 is 10.2 Å². The SMILES string of the molecule is CCCNC(C)CCN1CCC(CCC)C1. The highest BCUT2D eigenvalue weighted by molar-refractivity contribution is 4.76. The van der Waals surface area contributed by atoms with Crippen molar-refractivity contribution in [2.45, 2.75) is 58.9 Å². The van der Waals surface area contributed by atoms with E-state index in [9.17, 15) is 0 Å². The van der Waals surface area contributed by atoms with Crippen LogP contribution in [-0.4, -0.2) is 37.1 Å². The minimum atomic E-state index is 0.685. The Morgan fingerprint density at radius 2 is 2.12 bits per heavy atom. The van der Waals surface area contributed by atoms with E-state index in [0.717, 1.165) is 5.92 Å². The molecule has 0 radical (unpaired) electrons. The van der Waals surface area contributed by atoms with E-state index >= 15 is 0 Å². The van der Waals surface area contributed by atoms with Gasteiger partial charge in [0, 0.05) is 12.6 Å². The first kappa shape index (κ1) is 14.0. The van der Waals surface area contributed by atoms with Crippen molar-refractivity contribution in [3.05, 3.63) is 0 Å². The molecular weight excluding hydrogens is 196 g/mol. The molecule has 0 spiro atoms. The summed E-state index contributed by atoms with van der Waals surface area (Å²) < 4.78 is 0. The quantitative estimate of drug-likeness (QED) is 0.684. The van der Waals surface area contributed by atoms with Crippen molar-refractivity contribution in [2.24, 2.45) is 5.92 Å². The van der Waals surface area contributed by atoms with Gasteiger partial charge in [-0.05, 0) is 58.2 Å². The van der Waals surface area contributed by atoms with Crippen molar-refractivity contribution in [1.29, 1.82) is 0 Å². The van der Waals surface area contributed by atoms with Crippen LogP contribution in [0.15, 0.2) is 0 Å². The number of hydrogen-bond acceptors (Lipinski definition) is 2. The van der Waals surface area contributed by atoms with Gasteiger partial charge in [-0.3, -0.25) is 0 Å². The summed E-state index contributed by atoms with van der Waals surface area (Å²) in [6.45, 7) is 12.0. The monoisotopic (exact) mass is 226 g/mol. The van der Waals surface area contributed by atoms with Crippen LogP contribution in [-0.2, 0) is 0 Å². The van der Waals surface area contributed by atoms with Gasteiger partial charge in [0.15, 0.2) is 0 Å². The van der Waals surface area contributed by atoms with Crippen molar-refractivity contribution in [3.8, 4) is 0 Å². The fourth-order valence-electron chi connectivity index (χ4n) is 2.63. The Bertz CT molecular complexity index is 170. The second-order valence-electron chi connectivity index (χ2n) is 5.39. The fraction of sp³-hybridized carbons (Fsp3) is 1.00. The van der Waals surface area contributed by atoms with Crippen LogP contribution in [0.1, 0.15) is 52.9 Å². The van der Waals surface area contributed by atoms with Crippen LogP contribution in [0.5, 0.6) is 0 Å². The van der Waals surface area contributed by atoms with Crippen molar-refractivity contribution in [3.63, 3.8) is 0 Å². The van der Waals surface area contributed by atoms with Crippen LogP contribution in [0.2, 0.25) is 0 Å². The van der Waals surface area contributed by atoms with E-state index in [0.29, 0.717) is 6.04 Å². The molecule has 1 saturated heterocycles. The molecule has 1 N–H and O–H groups in total. The zero-order valence-electron chi connectivity index (χ0n) is 11.5. The predicted octanol–water partition coefficient (Wildman–Crippen LogP) is 2.89. The molecule has 0 aromatic rings. The average Bonchev–Trinajstić information content (AvgIpc) is 2.72. The minimum absolute atomic E-state index is 0.685. The van der Waals surface area contributed by atoms with Crippen molar-refractivity contribution < 1.29 is 0 Å². The summed E-state index contributed by atoms with van der Waals surface area (Å²) in [5, 5.41) is 3.57. The van der Waals surface area contributed by atoms with Gasteiger partial charge in [0.25, 0.3) is 0 Å². The van der Waals surface area contributed by atoms with Gasteiger partial charge in [-0.25, -0.2) is 0 Å². The van der Waals surface area contributed by atoms with Crippen molar-refractivity contribution in [2.75, 3.05) is 26.2 Å². The number of nitrogens with zero attached hydrogens (tertiary/aromatic N) is 1. The highest BCUT2D eigenvalue weighted by atomic mass is 15.1. The molecule has 0 aromatic heterocycles. The molecule has 0 amide bonds. The second-order valence-corrected chi connectivity index (χ2v) is 5.39.